The zero-order valence-electron chi connectivity index (χ0n) is 39.0. The van der Waals surface area contributed by atoms with Gasteiger partial charge in [-0.2, -0.15) is 0 Å². The number of hydrogen-bond donors (Lipinski definition) is 0. The fourth-order valence-corrected chi connectivity index (χ4v) is 10.8. The van der Waals surface area contributed by atoms with Gasteiger partial charge in [0.15, 0.2) is 0 Å². The maximum Gasteiger partial charge on any atom is 3.00 e. The van der Waals surface area contributed by atoms with Crippen molar-refractivity contribution in [3.63, 3.8) is 0 Å². The molecule has 7 nitrogen and oxygen atoms in total. The van der Waals surface area contributed by atoms with Gasteiger partial charge in [0.25, 0.3) is 0 Å². The largest absolute Gasteiger partial charge is 3.00 e. The molecule has 0 aliphatic carbocycles. The third-order valence-corrected chi connectivity index (χ3v) is 15.0. The molecule has 11 heteroatoms. The van der Waals surface area contributed by atoms with Crippen molar-refractivity contribution in [2.75, 3.05) is 0 Å². The van der Waals surface area contributed by atoms with Crippen molar-refractivity contribution < 1.29 is 28.9 Å². The van der Waals surface area contributed by atoms with E-state index in [0.29, 0.717) is 78.4 Å². The van der Waals surface area contributed by atoms with Gasteiger partial charge in [0.05, 0.1) is 11.2 Å². The summed E-state index contributed by atoms with van der Waals surface area (Å²) < 4.78 is 13.8. The Labute approximate surface area is 464 Å². The Morgan fingerprint density at radius 1 is 0.432 bits per heavy atom. The van der Waals surface area contributed by atoms with Gasteiger partial charge in [-0.1, -0.05) is 178 Å². The minimum Gasteiger partial charge on any atom is -0.471 e. The van der Waals surface area contributed by atoms with Crippen molar-refractivity contribution in [1.82, 2.24) is 15.0 Å². The maximum absolute atomic E-state index is 13.3. The van der Waals surface area contributed by atoms with Crippen LogP contribution in [-0.4, -0.2) is 15.0 Å². The third-order valence-electron chi connectivity index (χ3n) is 13.2. The summed E-state index contributed by atoms with van der Waals surface area (Å²) in [6.07, 6.45) is 8.26. The summed E-state index contributed by atoms with van der Waals surface area (Å²) in [4.78, 5) is 41.3. The minimum absolute atomic E-state index is 0. The summed E-state index contributed by atoms with van der Waals surface area (Å²) in [5.74, 6) is 0. The molecule has 0 bridgehead atoms. The molecule has 0 saturated heterocycles. The summed E-state index contributed by atoms with van der Waals surface area (Å²) >= 11 is 10.7. The minimum atomic E-state index is -0.443. The van der Waals surface area contributed by atoms with Gasteiger partial charge in [0, 0.05) is 46.0 Å². The van der Waals surface area contributed by atoms with Gasteiger partial charge in [0.2, 0.25) is 0 Å². The van der Waals surface area contributed by atoms with Gasteiger partial charge in [0.1, 0.15) is 0 Å². The Morgan fingerprint density at radius 3 is 1.55 bits per heavy atom. The van der Waals surface area contributed by atoms with Crippen molar-refractivity contribution in [2.24, 2.45) is 0 Å². The summed E-state index contributed by atoms with van der Waals surface area (Å²) in [7, 11) is 0. The molecule has 0 atom stereocenters. The van der Waals surface area contributed by atoms with E-state index >= 15 is 0 Å². The van der Waals surface area contributed by atoms with Gasteiger partial charge in [-0.15, -0.1) is 66.2 Å². The number of nitrogens with zero attached hydrogens (tertiary/aromatic N) is 3. The number of rotatable bonds is 11. The monoisotopic (exact) mass is 1330 g/mol. The zero-order chi connectivity index (χ0) is 49.6. The number of halogens is 3. The molecule has 5 aromatic heterocycles. The Bertz CT molecular complexity index is 4100. The SMILES string of the molecule is O=c1oc2c(Br)cc[c-]c2c2ncc(CCc3cc(CCc4cnc5c(c4)c(=O)oc4c(Br)cc[c-]c45)cc(-c4ccccc4-c4cnc(-c5[c-]ccc(Br)c5)cc4-c4ccc(-c5ccccc5)cc4)c3)cc12.[Ir+3]. The normalized spacial score (nSPS) is 11.4. The molecular weight excluding hydrogens is 1290 g/mol. The van der Waals surface area contributed by atoms with Crippen LogP contribution in [0.3, 0.4) is 0 Å². The van der Waals surface area contributed by atoms with Crippen LogP contribution in [0.25, 0.3) is 99.5 Å². The first-order valence-corrected chi connectivity index (χ1v) is 26.0. The summed E-state index contributed by atoms with van der Waals surface area (Å²) in [6.45, 7) is 0. The molecule has 0 amide bonds. The predicted molar refractivity (Wildman–Crippen MR) is 301 cm³/mol. The number of benzene rings is 7. The van der Waals surface area contributed by atoms with E-state index < -0.39 is 11.3 Å². The molecule has 74 heavy (non-hydrogen) atoms. The fraction of sp³-hybridized carbons (Fsp3) is 0.0635. The van der Waals surface area contributed by atoms with Crippen LogP contribution in [0.4, 0.5) is 0 Å². The number of fused-ring (bicyclic) bond motifs is 6. The standard InChI is InChI=1S/C63H37Br3N3O4.Ir/c64-46-12-6-11-44(32-46)57-33-51(43-25-23-42(24-26-43)41-9-2-1-3-10-41)54(36-67-57)48-14-5-4-13-47(48)45-28-37(19-21-39-30-52-58(68-34-39)49-15-7-17-55(65)60(49)72-62(52)70)27-38(29-45)20-22-40-31-53-59(69-35-40)50-16-8-18-56(66)61(50)73-63(53)71;/h1-10,12-14,17-18,23-36H,19-22H2;/q-3;+3. The zero-order valence-corrected chi connectivity index (χ0v) is 46.2. The van der Waals surface area contributed by atoms with Crippen molar-refractivity contribution in [2.45, 2.75) is 25.7 Å². The van der Waals surface area contributed by atoms with Crippen LogP contribution in [0.15, 0.2) is 208 Å². The second-order valence-corrected chi connectivity index (χ2v) is 20.5. The Kier molecular flexibility index (Phi) is 14.0. The molecule has 0 saturated carbocycles. The Balaban J connectivity index is 0.00000588. The predicted octanol–water partition coefficient (Wildman–Crippen LogP) is 16.0. The fourth-order valence-electron chi connectivity index (χ4n) is 9.63. The van der Waals surface area contributed by atoms with Crippen LogP contribution in [0.5, 0.6) is 0 Å². The number of pyridine rings is 3. The molecule has 7 aromatic carbocycles. The second-order valence-electron chi connectivity index (χ2n) is 17.9. The van der Waals surface area contributed by atoms with Crippen LogP contribution in [0, 0.1) is 18.2 Å². The summed E-state index contributed by atoms with van der Waals surface area (Å²) in [5, 5.41) is 2.14. The van der Waals surface area contributed by atoms with E-state index in [4.69, 9.17) is 23.8 Å². The average molecular weight is 1330 g/mol. The maximum atomic E-state index is 13.3. The molecule has 0 radical (unpaired) electrons. The van der Waals surface area contributed by atoms with E-state index in [1.165, 1.54) is 0 Å². The Morgan fingerprint density at radius 2 is 0.959 bits per heavy atom. The van der Waals surface area contributed by atoms with Crippen LogP contribution >= 0.6 is 47.8 Å². The van der Waals surface area contributed by atoms with Crippen LogP contribution in [0.1, 0.15) is 22.3 Å². The number of hydrogen-bond acceptors (Lipinski definition) is 7. The van der Waals surface area contributed by atoms with E-state index in [-0.39, 0.29) is 20.1 Å². The molecule has 0 fully saturated rings. The van der Waals surface area contributed by atoms with Crippen LogP contribution in [-0.2, 0) is 45.8 Å². The van der Waals surface area contributed by atoms with Crippen LogP contribution < -0.4 is 11.3 Å². The summed E-state index contributed by atoms with van der Waals surface area (Å²) in [5.41, 5.74) is 15.4. The molecule has 12 rings (SSSR count). The molecule has 0 spiro atoms. The van der Waals surface area contributed by atoms with Gasteiger partial charge in [-0.05, 0) is 102 Å². The van der Waals surface area contributed by atoms with Crippen molar-refractivity contribution in [1.29, 1.82) is 0 Å². The van der Waals surface area contributed by atoms with Crippen molar-refractivity contribution in [3.05, 3.63) is 251 Å². The molecule has 358 valence electrons. The first-order chi connectivity index (χ1) is 35.7. The van der Waals surface area contributed by atoms with E-state index in [1.54, 1.807) is 24.3 Å². The topological polar surface area (TPSA) is 99.1 Å². The first-order valence-electron chi connectivity index (χ1n) is 23.6. The smallest absolute Gasteiger partial charge is 0.471 e. The molecular formula is C63H37Br3IrN3O4. The molecule has 0 aliphatic rings. The number of aromatic nitrogens is 3. The molecule has 12 aromatic rings. The average Bonchev–Trinajstić information content (AvgIpc) is 3.43. The van der Waals surface area contributed by atoms with Gasteiger partial charge in [-0.25, -0.2) is 9.59 Å². The van der Waals surface area contributed by atoms with Crippen molar-refractivity contribution >= 4 is 91.5 Å². The Hall–Kier alpha value is -6.98. The molecule has 0 unspecified atom stereocenters. The summed E-state index contributed by atoms with van der Waals surface area (Å²) in [6, 6.07) is 63.2. The molecule has 0 N–H and O–H groups in total. The quantitative estimate of drug-likeness (QED) is 0.0722. The van der Waals surface area contributed by atoms with E-state index in [2.05, 4.69) is 163 Å². The molecule has 0 aliphatic heterocycles. The third kappa shape index (κ3) is 9.79. The van der Waals surface area contributed by atoms with E-state index in [0.717, 1.165) is 82.5 Å². The molecule has 5 heterocycles. The second kappa shape index (κ2) is 21.1. The van der Waals surface area contributed by atoms with Gasteiger partial charge >= 0.3 is 31.4 Å². The van der Waals surface area contributed by atoms with Crippen molar-refractivity contribution in [3.8, 4) is 55.8 Å². The first kappa shape index (κ1) is 49.2. The number of aryl methyl sites for hydroxylation is 4. The van der Waals surface area contributed by atoms with Crippen LogP contribution in [0.2, 0.25) is 0 Å². The van der Waals surface area contributed by atoms with E-state index in [9.17, 15) is 9.59 Å². The van der Waals surface area contributed by atoms with Gasteiger partial charge < -0.3 is 23.8 Å². The van der Waals surface area contributed by atoms with E-state index in [1.807, 2.05) is 55.0 Å². The van der Waals surface area contributed by atoms with Gasteiger partial charge in [-0.3, -0.25) is 0 Å².